The molecule has 2 heterocycles. The van der Waals surface area contributed by atoms with Gasteiger partial charge in [0.25, 0.3) is 0 Å². The number of benzene rings is 1. The molecule has 0 saturated carbocycles. The maximum atomic E-state index is 9.20. The zero-order valence-electron chi connectivity index (χ0n) is 12.6. The van der Waals surface area contributed by atoms with Crippen LogP contribution in [0.5, 0.6) is 0 Å². The van der Waals surface area contributed by atoms with Crippen LogP contribution in [0, 0.1) is 11.3 Å². The fraction of sp³-hybridized carbons (Fsp3) is 0.412. The van der Waals surface area contributed by atoms with E-state index in [0.717, 1.165) is 56.2 Å². The fourth-order valence-corrected chi connectivity index (χ4v) is 2.75. The lowest BCUT2D eigenvalue weighted by Gasteiger charge is -2.26. The molecule has 0 bridgehead atoms. The highest BCUT2D eigenvalue weighted by Gasteiger charge is 2.12. The maximum Gasteiger partial charge on any atom is 0.110 e. The van der Waals surface area contributed by atoms with E-state index in [1.54, 1.807) is 0 Å². The zero-order chi connectivity index (χ0) is 15.2. The van der Waals surface area contributed by atoms with Gasteiger partial charge in [0, 0.05) is 38.4 Å². The van der Waals surface area contributed by atoms with Crippen LogP contribution >= 0.6 is 0 Å². The predicted molar refractivity (Wildman–Crippen MR) is 83.4 cm³/mol. The molecule has 2 aromatic rings. The van der Waals surface area contributed by atoms with Crippen molar-refractivity contribution in [1.29, 1.82) is 5.26 Å². The van der Waals surface area contributed by atoms with Crippen LogP contribution in [0.4, 0.5) is 0 Å². The Morgan fingerprint density at radius 2 is 2.05 bits per heavy atom. The summed E-state index contributed by atoms with van der Waals surface area (Å²) >= 11 is 0. The molecule has 1 aromatic heterocycles. The van der Waals surface area contributed by atoms with Crippen molar-refractivity contribution in [3.8, 4) is 6.07 Å². The first-order valence-corrected chi connectivity index (χ1v) is 7.65. The van der Waals surface area contributed by atoms with Gasteiger partial charge in [-0.15, -0.1) is 0 Å². The summed E-state index contributed by atoms with van der Waals surface area (Å²) in [6.07, 6.45) is 4.74. The van der Waals surface area contributed by atoms with Gasteiger partial charge in [0.1, 0.15) is 5.82 Å². The van der Waals surface area contributed by atoms with Crippen LogP contribution in [0.2, 0.25) is 0 Å². The van der Waals surface area contributed by atoms with Crippen molar-refractivity contribution in [2.45, 2.75) is 13.0 Å². The summed E-state index contributed by atoms with van der Waals surface area (Å²) in [5.41, 5.74) is 1.77. The van der Waals surface area contributed by atoms with E-state index >= 15 is 0 Å². The molecule has 0 aliphatic carbocycles. The Bertz CT molecular complexity index is 653. The van der Waals surface area contributed by atoms with Crippen molar-refractivity contribution in [3.05, 3.63) is 53.6 Å². The van der Waals surface area contributed by atoms with Gasteiger partial charge in [-0.2, -0.15) is 5.26 Å². The van der Waals surface area contributed by atoms with Crippen LogP contribution < -0.4 is 0 Å². The zero-order valence-corrected chi connectivity index (χ0v) is 12.6. The van der Waals surface area contributed by atoms with E-state index in [1.807, 2.05) is 36.7 Å². The molecule has 22 heavy (non-hydrogen) atoms. The highest BCUT2D eigenvalue weighted by atomic mass is 16.5. The molecule has 3 rings (SSSR count). The molecule has 1 saturated heterocycles. The van der Waals surface area contributed by atoms with E-state index in [4.69, 9.17) is 4.74 Å². The van der Waals surface area contributed by atoms with Gasteiger partial charge in [-0.05, 0) is 11.6 Å². The number of nitriles is 1. The first kappa shape index (κ1) is 14.8. The minimum absolute atomic E-state index is 0.697. The Kier molecular flexibility index (Phi) is 4.84. The van der Waals surface area contributed by atoms with Crippen LogP contribution in [0.25, 0.3) is 0 Å². The van der Waals surface area contributed by atoms with Gasteiger partial charge >= 0.3 is 0 Å². The highest BCUT2D eigenvalue weighted by molar-refractivity contribution is 5.37. The molecule has 1 fully saturated rings. The largest absolute Gasteiger partial charge is 0.379 e. The number of hydrogen-bond acceptors (Lipinski definition) is 4. The van der Waals surface area contributed by atoms with Gasteiger partial charge in [-0.1, -0.05) is 18.2 Å². The molecular weight excluding hydrogens is 276 g/mol. The quantitative estimate of drug-likeness (QED) is 0.842. The number of rotatable bonds is 5. The summed E-state index contributed by atoms with van der Waals surface area (Å²) in [7, 11) is 0. The molecule has 0 N–H and O–H groups in total. The molecule has 1 aliphatic rings. The second-order valence-corrected chi connectivity index (χ2v) is 5.44. The Morgan fingerprint density at radius 3 is 2.86 bits per heavy atom. The fourth-order valence-electron chi connectivity index (χ4n) is 2.75. The molecule has 5 heteroatoms. The topological polar surface area (TPSA) is 54.1 Å². The molecule has 114 valence electrons. The Hall–Kier alpha value is -2.16. The normalized spacial score (nSPS) is 15.6. The van der Waals surface area contributed by atoms with Crippen molar-refractivity contribution in [2.75, 3.05) is 32.8 Å². The van der Waals surface area contributed by atoms with Crippen molar-refractivity contribution < 1.29 is 4.74 Å². The summed E-state index contributed by atoms with van der Waals surface area (Å²) in [6.45, 7) is 5.34. The molecule has 0 spiro atoms. The minimum atomic E-state index is 0.697. The smallest absolute Gasteiger partial charge is 0.110 e. The van der Waals surface area contributed by atoms with Gasteiger partial charge < -0.3 is 9.30 Å². The molecule has 1 aliphatic heterocycles. The molecule has 0 unspecified atom stereocenters. The molecule has 0 atom stereocenters. The second-order valence-electron chi connectivity index (χ2n) is 5.44. The number of aromatic nitrogens is 2. The van der Waals surface area contributed by atoms with Crippen molar-refractivity contribution in [1.82, 2.24) is 14.5 Å². The van der Waals surface area contributed by atoms with Gasteiger partial charge in [-0.25, -0.2) is 4.98 Å². The molecule has 1 aromatic carbocycles. The van der Waals surface area contributed by atoms with Gasteiger partial charge in [-0.3, -0.25) is 4.90 Å². The third kappa shape index (κ3) is 3.53. The maximum absolute atomic E-state index is 9.20. The minimum Gasteiger partial charge on any atom is -0.379 e. The Labute approximate surface area is 130 Å². The van der Waals surface area contributed by atoms with Gasteiger partial charge in [0.2, 0.25) is 0 Å². The average Bonchev–Trinajstić information content (AvgIpc) is 3.01. The van der Waals surface area contributed by atoms with E-state index in [9.17, 15) is 5.26 Å². The highest BCUT2D eigenvalue weighted by Crippen LogP contribution is 2.11. The van der Waals surface area contributed by atoms with Crippen molar-refractivity contribution in [2.24, 2.45) is 0 Å². The van der Waals surface area contributed by atoms with Gasteiger partial charge in [0.15, 0.2) is 0 Å². The molecule has 0 amide bonds. The molecule has 0 radical (unpaired) electrons. The lowest BCUT2D eigenvalue weighted by molar-refractivity contribution is 0.0381. The summed E-state index contributed by atoms with van der Waals surface area (Å²) in [4.78, 5) is 6.88. The second kappa shape index (κ2) is 7.21. The first-order chi connectivity index (χ1) is 10.9. The number of ether oxygens (including phenoxy) is 1. The molecular formula is C17H20N4O. The van der Waals surface area contributed by atoms with Crippen molar-refractivity contribution >= 4 is 0 Å². The van der Waals surface area contributed by atoms with Crippen LogP contribution in [-0.4, -0.2) is 47.3 Å². The third-order valence-electron chi connectivity index (χ3n) is 4.04. The summed E-state index contributed by atoms with van der Waals surface area (Å²) in [5.74, 6) is 1.07. The van der Waals surface area contributed by atoms with Gasteiger partial charge in [0.05, 0.1) is 31.4 Å². The standard InChI is InChI=1S/C17H20N4O/c18-13-15-3-1-2-4-16(15)14-21-8-6-19-17(21)5-7-20-9-11-22-12-10-20/h1-4,6,8H,5,7,9-12,14H2. The van der Waals surface area contributed by atoms with E-state index in [1.165, 1.54) is 0 Å². The lowest BCUT2D eigenvalue weighted by atomic mass is 10.1. The van der Waals surface area contributed by atoms with Crippen LogP contribution in [-0.2, 0) is 17.7 Å². The molecule has 5 nitrogen and oxygen atoms in total. The van der Waals surface area contributed by atoms with E-state index < -0.39 is 0 Å². The summed E-state index contributed by atoms with van der Waals surface area (Å²) in [5, 5.41) is 9.20. The lowest BCUT2D eigenvalue weighted by Crippen LogP contribution is -2.37. The average molecular weight is 296 g/mol. The van der Waals surface area contributed by atoms with Crippen LogP contribution in [0.15, 0.2) is 36.7 Å². The first-order valence-electron chi connectivity index (χ1n) is 7.65. The summed E-state index contributed by atoms with van der Waals surface area (Å²) < 4.78 is 7.51. The number of morpholine rings is 1. The SMILES string of the molecule is N#Cc1ccccc1Cn1ccnc1CCN1CCOCC1. The monoisotopic (exact) mass is 296 g/mol. The van der Waals surface area contributed by atoms with E-state index in [0.29, 0.717) is 6.54 Å². The third-order valence-corrected chi connectivity index (χ3v) is 4.04. The Morgan fingerprint density at radius 1 is 1.23 bits per heavy atom. The van der Waals surface area contributed by atoms with Crippen molar-refractivity contribution in [3.63, 3.8) is 0 Å². The summed E-state index contributed by atoms with van der Waals surface area (Å²) in [6, 6.07) is 9.99. The van der Waals surface area contributed by atoms with E-state index in [-0.39, 0.29) is 0 Å². The van der Waals surface area contributed by atoms with Crippen LogP contribution in [0.1, 0.15) is 17.0 Å². The number of imidazole rings is 1. The van der Waals surface area contributed by atoms with E-state index in [2.05, 4.69) is 20.5 Å². The number of hydrogen-bond donors (Lipinski definition) is 0. The predicted octanol–water partition coefficient (Wildman–Crippen LogP) is 1.68. The Balaban J connectivity index is 1.65. The van der Waals surface area contributed by atoms with Crippen LogP contribution in [0.3, 0.4) is 0 Å². The number of nitrogens with zero attached hydrogens (tertiary/aromatic N) is 4.